The second kappa shape index (κ2) is 10.0. The van der Waals surface area contributed by atoms with Crippen LogP contribution in [0.25, 0.3) is 0 Å². The van der Waals surface area contributed by atoms with Crippen LogP contribution in [0.5, 0.6) is 0 Å². The van der Waals surface area contributed by atoms with Crippen molar-refractivity contribution in [2.45, 2.75) is 65.2 Å². The summed E-state index contributed by atoms with van der Waals surface area (Å²) in [6.07, 6.45) is 9.35. The molecule has 0 fully saturated rings. The summed E-state index contributed by atoms with van der Waals surface area (Å²) in [4.78, 5) is 11.4. The van der Waals surface area contributed by atoms with Crippen molar-refractivity contribution in [1.29, 1.82) is 0 Å². The Morgan fingerprint density at radius 3 is 2.20 bits per heavy atom. The molecule has 0 amide bonds. The highest BCUT2D eigenvalue weighted by Gasteiger charge is 2.16. The first-order chi connectivity index (χ1) is 7.26. The molecule has 2 heteroatoms. The van der Waals surface area contributed by atoms with Crippen LogP contribution >= 0.6 is 0 Å². The van der Waals surface area contributed by atoms with Crippen molar-refractivity contribution in [1.82, 2.24) is 0 Å². The van der Waals surface area contributed by atoms with Crippen molar-refractivity contribution in [2.24, 2.45) is 5.92 Å². The van der Waals surface area contributed by atoms with E-state index in [0.29, 0.717) is 0 Å². The van der Waals surface area contributed by atoms with Gasteiger partial charge in [-0.2, -0.15) is 0 Å². The Bertz CT molecular complexity index is 155. The number of methoxy groups -OCH3 is 1. The highest BCUT2D eigenvalue weighted by Crippen LogP contribution is 2.17. The predicted molar refractivity (Wildman–Crippen MR) is 63.8 cm³/mol. The minimum atomic E-state index is -0.0210. The van der Waals surface area contributed by atoms with Gasteiger partial charge in [-0.05, 0) is 12.8 Å². The molecule has 0 saturated heterocycles. The predicted octanol–water partition coefficient (Wildman–Crippen LogP) is 3.94. The van der Waals surface area contributed by atoms with Crippen LogP contribution < -0.4 is 0 Å². The molecule has 0 bridgehead atoms. The van der Waals surface area contributed by atoms with Crippen LogP contribution in [-0.4, -0.2) is 13.1 Å². The minimum absolute atomic E-state index is 0.0210. The Morgan fingerprint density at radius 2 is 1.67 bits per heavy atom. The zero-order valence-electron chi connectivity index (χ0n) is 10.6. The van der Waals surface area contributed by atoms with Gasteiger partial charge in [0.25, 0.3) is 0 Å². The molecule has 1 unspecified atom stereocenters. The minimum Gasteiger partial charge on any atom is -0.469 e. The van der Waals surface area contributed by atoms with Gasteiger partial charge < -0.3 is 4.74 Å². The lowest BCUT2D eigenvalue weighted by atomic mass is 9.96. The molecule has 2 nitrogen and oxygen atoms in total. The highest BCUT2D eigenvalue weighted by atomic mass is 16.5. The van der Waals surface area contributed by atoms with Crippen molar-refractivity contribution in [2.75, 3.05) is 7.11 Å². The maximum absolute atomic E-state index is 11.4. The largest absolute Gasteiger partial charge is 0.469 e. The SMILES string of the molecule is CCCCCCCC(CCC)C(=O)OC. The fraction of sp³-hybridized carbons (Fsp3) is 0.923. The van der Waals surface area contributed by atoms with E-state index >= 15 is 0 Å². The molecule has 90 valence electrons. The van der Waals surface area contributed by atoms with E-state index in [9.17, 15) is 4.79 Å². The molecule has 15 heavy (non-hydrogen) atoms. The molecule has 0 aromatic rings. The maximum atomic E-state index is 11.4. The lowest BCUT2D eigenvalue weighted by molar-refractivity contribution is -0.146. The molecule has 0 N–H and O–H groups in total. The monoisotopic (exact) mass is 214 g/mol. The molecular weight excluding hydrogens is 188 g/mol. The summed E-state index contributed by atoms with van der Waals surface area (Å²) in [5.74, 6) is 0.119. The third-order valence-corrected chi connectivity index (χ3v) is 2.83. The van der Waals surface area contributed by atoms with Gasteiger partial charge in [0.15, 0.2) is 0 Å². The number of carbonyl (C=O) groups is 1. The fourth-order valence-corrected chi connectivity index (χ4v) is 1.89. The van der Waals surface area contributed by atoms with Gasteiger partial charge in [-0.15, -0.1) is 0 Å². The van der Waals surface area contributed by atoms with Gasteiger partial charge in [0, 0.05) is 0 Å². The number of carbonyl (C=O) groups excluding carboxylic acids is 1. The standard InChI is InChI=1S/C13H26O2/c1-4-6-7-8-9-11-12(10-5-2)13(14)15-3/h12H,4-11H2,1-3H3. The van der Waals surface area contributed by atoms with Crippen molar-refractivity contribution < 1.29 is 9.53 Å². The van der Waals surface area contributed by atoms with Crippen LogP contribution in [0.15, 0.2) is 0 Å². The smallest absolute Gasteiger partial charge is 0.308 e. The van der Waals surface area contributed by atoms with Crippen molar-refractivity contribution >= 4 is 5.97 Å². The van der Waals surface area contributed by atoms with E-state index in [4.69, 9.17) is 4.74 Å². The molecule has 0 aliphatic rings. The average molecular weight is 214 g/mol. The fourth-order valence-electron chi connectivity index (χ4n) is 1.89. The highest BCUT2D eigenvalue weighted by molar-refractivity contribution is 5.72. The van der Waals surface area contributed by atoms with Crippen LogP contribution in [-0.2, 0) is 9.53 Å². The molecule has 0 radical (unpaired) electrons. The molecule has 0 saturated carbocycles. The third kappa shape index (κ3) is 7.40. The van der Waals surface area contributed by atoms with Gasteiger partial charge in [0.2, 0.25) is 0 Å². The molecule has 0 rings (SSSR count). The molecule has 0 aromatic heterocycles. The van der Waals surface area contributed by atoms with Crippen molar-refractivity contribution in [3.63, 3.8) is 0 Å². The van der Waals surface area contributed by atoms with E-state index < -0.39 is 0 Å². The van der Waals surface area contributed by atoms with Gasteiger partial charge in [0.05, 0.1) is 13.0 Å². The first-order valence-corrected chi connectivity index (χ1v) is 6.34. The normalized spacial score (nSPS) is 12.5. The summed E-state index contributed by atoms with van der Waals surface area (Å²) in [5, 5.41) is 0. The van der Waals surface area contributed by atoms with Gasteiger partial charge in [-0.1, -0.05) is 52.4 Å². The quantitative estimate of drug-likeness (QED) is 0.429. The summed E-state index contributed by atoms with van der Waals surface area (Å²) >= 11 is 0. The lowest BCUT2D eigenvalue weighted by Crippen LogP contribution is -2.15. The van der Waals surface area contributed by atoms with Crippen LogP contribution in [0, 0.1) is 5.92 Å². The molecule has 0 spiro atoms. The van der Waals surface area contributed by atoms with Crippen LogP contribution in [0.1, 0.15) is 65.2 Å². The first kappa shape index (κ1) is 14.5. The number of hydrogen-bond acceptors (Lipinski definition) is 2. The Morgan fingerprint density at radius 1 is 1.00 bits per heavy atom. The van der Waals surface area contributed by atoms with Gasteiger partial charge in [0.1, 0.15) is 0 Å². The van der Waals surface area contributed by atoms with E-state index in [1.165, 1.54) is 39.2 Å². The van der Waals surface area contributed by atoms with E-state index in [0.717, 1.165) is 19.3 Å². The third-order valence-electron chi connectivity index (χ3n) is 2.83. The van der Waals surface area contributed by atoms with Crippen molar-refractivity contribution in [3.05, 3.63) is 0 Å². The average Bonchev–Trinajstić information content (AvgIpc) is 2.26. The number of unbranched alkanes of at least 4 members (excludes halogenated alkanes) is 4. The molecule has 0 aliphatic heterocycles. The zero-order chi connectivity index (χ0) is 11.5. The second-order valence-electron chi connectivity index (χ2n) is 4.21. The maximum Gasteiger partial charge on any atom is 0.308 e. The Balaban J connectivity index is 3.61. The van der Waals surface area contributed by atoms with E-state index in [-0.39, 0.29) is 11.9 Å². The molecule has 0 heterocycles. The molecular formula is C13H26O2. The van der Waals surface area contributed by atoms with Crippen LogP contribution in [0.2, 0.25) is 0 Å². The molecule has 0 aliphatic carbocycles. The topological polar surface area (TPSA) is 26.3 Å². The van der Waals surface area contributed by atoms with Gasteiger partial charge in [-0.25, -0.2) is 0 Å². The van der Waals surface area contributed by atoms with E-state index in [1.54, 1.807) is 0 Å². The van der Waals surface area contributed by atoms with Crippen LogP contribution in [0.3, 0.4) is 0 Å². The number of rotatable bonds is 9. The Kier molecular flexibility index (Phi) is 9.65. The van der Waals surface area contributed by atoms with Gasteiger partial charge in [-0.3, -0.25) is 4.79 Å². The number of esters is 1. The summed E-state index contributed by atoms with van der Waals surface area (Å²) in [7, 11) is 1.49. The molecule has 0 aromatic carbocycles. The molecule has 1 atom stereocenters. The second-order valence-corrected chi connectivity index (χ2v) is 4.21. The number of ether oxygens (including phenoxy) is 1. The summed E-state index contributed by atoms with van der Waals surface area (Å²) in [5.41, 5.74) is 0. The van der Waals surface area contributed by atoms with Gasteiger partial charge >= 0.3 is 5.97 Å². The zero-order valence-corrected chi connectivity index (χ0v) is 10.6. The van der Waals surface area contributed by atoms with E-state index in [2.05, 4.69) is 13.8 Å². The lowest BCUT2D eigenvalue weighted by Gasteiger charge is -2.13. The first-order valence-electron chi connectivity index (χ1n) is 6.34. The summed E-state index contributed by atoms with van der Waals surface area (Å²) < 4.78 is 4.80. The van der Waals surface area contributed by atoms with Crippen LogP contribution in [0.4, 0.5) is 0 Å². The Hall–Kier alpha value is -0.530. The number of hydrogen-bond donors (Lipinski definition) is 0. The summed E-state index contributed by atoms with van der Waals surface area (Å²) in [6.45, 7) is 4.33. The Labute approximate surface area is 94.4 Å². The van der Waals surface area contributed by atoms with E-state index in [1.807, 2.05) is 0 Å². The summed E-state index contributed by atoms with van der Waals surface area (Å²) in [6, 6.07) is 0. The van der Waals surface area contributed by atoms with Crippen molar-refractivity contribution in [3.8, 4) is 0 Å².